The van der Waals surface area contributed by atoms with Gasteiger partial charge in [0.2, 0.25) is 0 Å². The quantitative estimate of drug-likeness (QED) is 0.648. The monoisotopic (exact) mass is 286 g/mol. The molecule has 0 aliphatic rings. The van der Waals surface area contributed by atoms with Crippen LogP contribution in [-0.2, 0) is 9.53 Å². The summed E-state index contributed by atoms with van der Waals surface area (Å²) < 4.78 is 4.57. The summed E-state index contributed by atoms with van der Waals surface area (Å²) in [5.74, 6) is -0.405. The van der Waals surface area contributed by atoms with Crippen molar-refractivity contribution in [3.63, 3.8) is 0 Å². The maximum absolute atomic E-state index is 11.4. The Balaban J connectivity index is 2.14. The van der Waals surface area contributed by atoms with Crippen molar-refractivity contribution in [2.75, 3.05) is 19.0 Å². The first-order valence-corrected chi connectivity index (χ1v) is 6.63. The Bertz CT molecular complexity index is 682. The van der Waals surface area contributed by atoms with E-state index in [1.807, 2.05) is 30.3 Å². The fourth-order valence-electron chi connectivity index (χ4n) is 2.04. The Morgan fingerprint density at radius 3 is 2.52 bits per heavy atom. The maximum Gasteiger partial charge on any atom is 0.324 e. The molecule has 2 aromatic rings. The minimum Gasteiger partial charge on any atom is -0.468 e. The number of nitrogens with one attached hydrogen (secondary N) is 1. The zero-order valence-corrected chi connectivity index (χ0v) is 12.1. The third-order valence-corrected chi connectivity index (χ3v) is 3.28. The number of benzene rings is 2. The van der Waals surface area contributed by atoms with E-state index >= 15 is 0 Å². The van der Waals surface area contributed by atoms with Crippen molar-refractivity contribution in [1.29, 1.82) is 0 Å². The summed E-state index contributed by atoms with van der Waals surface area (Å²) in [6.45, 7) is 1.84. The number of hydrogen-bond donors (Lipinski definition) is 2. The van der Waals surface area contributed by atoms with Gasteiger partial charge in [0.15, 0.2) is 5.78 Å². The van der Waals surface area contributed by atoms with E-state index in [0.29, 0.717) is 12.1 Å². The summed E-state index contributed by atoms with van der Waals surface area (Å²) in [4.78, 5) is 22.6. The van der Waals surface area contributed by atoms with Gasteiger partial charge in [-0.05, 0) is 35.9 Å². The molecular formula is C16H18N2O3. The van der Waals surface area contributed by atoms with Gasteiger partial charge < -0.3 is 15.8 Å². The van der Waals surface area contributed by atoms with Crippen molar-refractivity contribution < 1.29 is 14.3 Å². The van der Waals surface area contributed by atoms with E-state index in [2.05, 4.69) is 10.1 Å². The van der Waals surface area contributed by atoms with Crippen molar-refractivity contribution in [3.8, 4) is 0 Å². The van der Waals surface area contributed by atoms with E-state index in [0.717, 1.165) is 16.5 Å². The van der Waals surface area contributed by atoms with Gasteiger partial charge in [-0.3, -0.25) is 9.59 Å². The second kappa shape index (κ2) is 6.37. The number of methoxy groups -OCH3 is 1. The molecule has 0 amide bonds. The highest BCUT2D eigenvalue weighted by atomic mass is 16.5. The van der Waals surface area contributed by atoms with Crippen LogP contribution in [0.5, 0.6) is 0 Å². The molecule has 0 aromatic heterocycles. The normalized spacial score (nSPS) is 12.0. The second-order valence-corrected chi connectivity index (χ2v) is 4.84. The third-order valence-electron chi connectivity index (χ3n) is 3.28. The summed E-state index contributed by atoms with van der Waals surface area (Å²) in [6, 6.07) is 10.6. The first-order valence-electron chi connectivity index (χ1n) is 6.63. The number of ether oxygens (including phenoxy) is 1. The summed E-state index contributed by atoms with van der Waals surface area (Å²) in [6.07, 6.45) is 0. The molecular weight excluding hydrogens is 268 g/mol. The molecule has 2 rings (SSSR count). The molecule has 21 heavy (non-hydrogen) atoms. The zero-order chi connectivity index (χ0) is 15.4. The predicted molar refractivity (Wildman–Crippen MR) is 82.4 cm³/mol. The van der Waals surface area contributed by atoms with Gasteiger partial charge in [-0.1, -0.05) is 18.2 Å². The van der Waals surface area contributed by atoms with Crippen LogP contribution in [0.1, 0.15) is 17.3 Å². The van der Waals surface area contributed by atoms with E-state index in [4.69, 9.17) is 5.73 Å². The molecule has 2 aromatic carbocycles. The number of fused-ring (bicyclic) bond motifs is 1. The van der Waals surface area contributed by atoms with E-state index in [1.54, 1.807) is 13.0 Å². The first-order chi connectivity index (χ1) is 10.0. The van der Waals surface area contributed by atoms with E-state index in [-0.39, 0.29) is 5.78 Å². The summed E-state index contributed by atoms with van der Waals surface area (Å²) in [5, 5.41) is 5.10. The molecule has 0 aliphatic carbocycles. The maximum atomic E-state index is 11.4. The van der Waals surface area contributed by atoms with Gasteiger partial charge in [0.1, 0.15) is 6.04 Å². The highest BCUT2D eigenvalue weighted by Crippen LogP contribution is 2.21. The highest BCUT2D eigenvalue weighted by Gasteiger charge is 2.12. The van der Waals surface area contributed by atoms with Crippen molar-refractivity contribution in [2.45, 2.75) is 13.0 Å². The number of esters is 1. The SMILES string of the molecule is COC(=O)[C@H](N)CNc1ccc2cc(C(C)=O)ccc2c1. The zero-order valence-electron chi connectivity index (χ0n) is 12.1. The molecule has 3 N–H and O–H groups in total. The minimum absolute atomic E-state index is 0.0446. The Kier molecular flexibility index (Phi) is 4.55. The molecule has 0 spiro atoms. The summed E-state index contributed by atoms with van der Waals surface area (Å²) in [5.41, 5.74) is 7.22. The van der Waals surface area contributed by atoms with Crippen molar-refractivity contribution in [3.05, 3.63) is 42.0 Å². The molecule has 1 atom stereocenters. The Morgan fingerprint density at radius 1 is 1.19 bits per heavy atom. The molecule has 0 heterocycles. The van der Waals surface area contributed by atoms with Gasteiger partial charge in [-0.25, -0.2) is 0 Å². The number of Topliss-reactive ketones (excluding diaryl/α,β-unsaturated/α-hetero) is 1. The number of carbonyl (C=O) groups is 2. The Hall–Kier alpha value is -2.40. The fourth-order valence-corrected chi connectivity index (χ4v) is 2.04. The van der Waals surface area contributed by atoms with E-state index in [9.17, 15) is 9.59 Å². The lowest BCUT2D eigenvalue weighted by Crippen LogP contribution is -2.38. The summed E-state index contributed by atoms with van der Waals surface area (Å²) in [7, 11) is 1.31. The lowest BCUT2D eigenvalue weighted by Gasteiger charge is -2.12. The van der Waals surface area contributed by atoms with Gasteiger partial charge in [-0.15, -0.1) is 0 Å². The molecule has 0 saturated carbocycles. The number of hydrogen-bond acceptors (Lipinski definition) is 5. The number of anilines is 1. The van der Waals surface area contributed by atoms with Crippen LogP contribution >= 0.6 is 0 Å². The van der Waals surface area contributed by atoms with Gasteiger partial charge in [0.25, 0.3) is 0 Å². The highest BCUT2D eigenvalue weighted by molar-refractivity contribution is 5.99. The van der Waals surface area contributed by atoms with Crippen LogP contribution in [0.3, 0.4) is 0 Å². The predicted octanol–water partition coefficient (Wildman–Crippen LogP) is 1.95. The molecule has 0 fully saturated rings. The number of carbonyl (C=O) groups excluding carboxylic acids is 2. The van der Waals surface area contributed by atoms with Crippen LogP contribution in [0.15, 0.2) is 36.4 Å². The average Bonchev–Trinajstić information content (AvgIpc) is 2.50. The molecule has 0 aliphatic heterocycles. The molecule has 110 valence electrons. The lowest BCUT2D eigenvalue weighted by atomic mass is 10.0. The van der Waals surface area contributed by atoms with E-state index < -0.39 is 12.0 Å². The molecule has 0 radical (unpaired) electrons. The van der Waals surface area contributed by atoms with Crippen LogP contribution in [0, 0.1) is 0 Å². The molecule has 0 saturated heterocycles. The number of nitrogens with two attached hydrogens (primary N) is 1. The second-order valence-electron chi connectivity index (χ2n) is 4.84. The molecule has 5 heteroatoms. The van der Waals surface area contributed by atoms with Gasteiger partial charge in [0, 0.05) is 17.8 Å². The number of rotatable bonds is 5. The largest absolute Gasteiger partial charge is 0.468 e. The molecule has 0 unspecified atom stereocenters. The van der Waals surface area contributed by atoms with Crippen LogP contribution in [-0.4, -0.2) is 31.4 Å². The van der Waals surface area contributed by atoms with Crippen LogP contribution in [0.2, 0.25) is 0 Å². The molecule has 5 nitrogen and oxygen atoms in total. The van der Waals surface area contributed by atoms with Gasteiger partial charge >= 0.3 is 5.97 Å². The summed E-state index contributed by atoms with van der Waals surface area (Å²) >= 11 is 0. The average molecular weight is 286 g/mol. The first kappa shape index (κ1) is 15.0. The molecule has 0 bridgehead atoms. The van der Waals surface area contributed by atoms with Crippen molar-refractivity contribution in [2.24, 2.45) is 5.73 Å². The topological polar surface area (TPSA) is 81.4 Å². The smallest absolute Gasteiger partial charge is 0.324 e. The van der Waals surface area contributed by atoms with Crippen molar-refractivity contribution in [1.82, 2.24) is 0 Å². The fraction of sp³-hybridized carbons (Fsp3) is 0.250. The third kappa shape index (κ3) is 3.58. The van der Waals surface area contributed by atoms with Crippen LogP contribution < -0.4 is 11.1 Å². The lowest BCUT2D eigenvalue weighted by molar-refractivity contribution is -0.141. The van der Waals surface area contributed by atoms with Crippen LogP contribution in [0.25, 0.3) is 10.8 Å². The van der Waals surface area contributed by atoms with Crippen LogP contribution in [0.4, 0.5) is 5.69 Å². The Labute approximate surface area is 123 Å². The van der Waals surface area contributed by atoms with Crippen molar-refractivity contribution >= 4 is 28.2 Å². The standard InChI is InChI=1S/C16H18N2O3/c1-10(19)11-3-4-13-8-14(6-5-12(13)7-11)18-9-15(17)16(20)21-2/h3-8,15,18H,9,17H2,1-2H3/t15-/m1/s1. The van der Waals surface area contributed by atoms with E-state index in [1.165, 1.54) is 7.11 Å². The van der Waals surface area contributed by atoms with Gasteiger partial charge in [0.05, 0.1) is 7.11 Å². The minimum atomic E-state index is -0.703. The number of ketones is 1. The van der Waals surface area contributed by atoms with Gasteiger partial charge in [-0.2, -0.15) is 0 Å². The Morgan fingerprint density at radius 2 is 1.86 bits per heavy atom.